The molecule has 5 rings (SSSR count). The number of aromatic carboxylic acids is 1. The Hall–Kier alpha value is -4.19. The van der Waals surface area contributed by atoms with Gasteiger partial charge in [0.1, 0.15) is 17.1 Å². The molecule has 1 spiro atoms. The molecule has 3 aromatic rings. The van der Waals surface area contributed by atoms with Gasteiger partial charge in [0, 0.05) is 29.3 Å². The van der Waals surface area contributed by atoms with Crippen molar-refractivity contribution in [1.29, 1.82) is 5.26 Å². The summed E-state index contributed by atoms with van der Waals surface area (Å²) in [4.78, 5) is 27.2. The molecular formula is C23H17FN4O4. The highest BCUT2D eigenvalue weighted by Crippen LogP contribution is 2.54. The molecule has 1 amide bonds. The molecule has 1 fully saturated rings. The van der Waals surface area contributed by atoms with Gasteiger partial charge in [0.25, 0.3) is 5.91 Å². The summed E-state index contributed by atoms with van der Waals surface area (Å²) in [6, 6.07) is 12.7. The minimum absolute atomic E-state index is 0.0413. The minimum atomic E-state index is -1.26. The lowest BCUT2D eigenvalue weighted by Gasteiger charge is -2.33. The molecule has 0 saturated heterocycles. The van der Waals surface area contributed by atoms with Crippen molar-refractivity contribution < 1.29 is 23.8 Å². The Morgan fingerprint density at radius 2 is 1.97 bits per heavy atom. The number of ether oxygens (including phenoxy) is 1. The van der Waals surface area contributed by atoms with E-state index in [0.717, 1.165) is 10.7 Å². The molecule has 0 unspecified atom stereocenters. The molecule has 8 nitrogen and oxygen atoms in total. The lowest BCUT2D eigenvalue weighted by atomic mass is 9.88. The topological polar surface area (TPSA) is 108 Å². The second kappa shape index (κ2) is 6.92. The van der Waals surface area contributed by atoms with E-state index < -0.39 is 23.1 Å². The number of methoxy groups -OCH3 is 1. The van der Waals surface area contributed by atoms with Crippen LogP contribution in [0.15, 0.2) is 42.5 Å². The number of anilines is 1. The Morgan fingerprint density at radius 3 is 2.53 bits per heavy atom. The first kappa shape index (κ1) is 19.8. The van der Waals surface area contributed by atoms with Crippen molar-refractivity contribution in [3.63, 3.8) is 0 Å². The van der Waals surface area contributed by atoms with Gasteiger partial charge in [-0.15, -0.1) is 0 Å². The summed E-state index contributed by atoms with van der Waals surface area (Å²) in [6.07, 6.45) is 1.38. The van der Waals surface area contributed by atoms with Crippen molar-refractivity contribution in [2.45, 2.75) is 18.3 Å². The molecule has 32 heavy (non-hydrogen) atoms. The number of nitriles is 1. The Morgan fingerprint density at radius 1 is 1.25 bits per heavy atom. The molecule has 1 aromatic heterocycles. The Balaban J connectivity index is 1.71. The highest BCUT2D eigenvalue weighted by Gasteiger charge is 2.56. The first-order chi connectivity index (χ1) is 15.4. The summed E-state index contributed by atoms with van der Waals surface area (Å²) >= 11 is 0. The van der Waals surface area contributed by atoms with Gasteiger partial charge < -0.3 is 14.7 Å². The lowest BCUT2D eigenvalue weighted by Crippen LogP contribution is -2.44. The molecule has 0 radical (unpaired) electrons. The van der Waals surface area contributed by atoms with Crippen LogP contribution in [-0.4, -0.2) is 40.4 Å². The third kappa shape index (κ3) is 2.84. The fourth-order valence-electron chi connectivity index (χ4n) is 4.29. The summed E-state index contributed by atoms with van der Waals surface area (Å²) in [6.45, 7) is 0.293. The molecule has 2 aromatic carbocycles. The third-order valence-electron chi connectivity index (χ3n) is 6.07. The van der Waals surface area contributed by atoms with Gasteiger partial charge >= 0.3 is 5.97 Å². The predicted molar refractivity (Wildman–Crippen MR) is 111 cm³/mol. The number of nitrogens with zero attached hydrogens (tertiary/aromatic N) is 4. The number of aromatic nitrogens is 2. The quantitative estimate of drug-likeness (QED) is 0.678. The molecule has 160 valence electrons. The van der Waals surface area contributed by atoms with Crippen molar-refractivity contribution in [1.82, 2.24) is 9.78 Å². The predicted octanol–water partition coefficient (Wildman–Crippen LogP) is 3.28. The Bertz CT molecular complexity index is 1320. The van der Waals surface area contributed by atoms with E-state index in [0.29, 0.717) is 36.2 Å². The smallest absolute Gasteiger partial charge is 0.356 e. The average Bonchev–Trinajstić information content (AvgIpc) is 3.45. The van der Waals surface area contributed by atoms with Crippen LogP contribution in [0.3, 0.4) is 0 Å². The molecule has 2 heterocycles. The zero-order valence-corrected chi connectivity index (χ0v) is 17.0. The Kier molecular flexibility index (Phi) is 4.27. The van der Waals surface area contributed by atoms with Crippen LogP contribution >= 0.6 is 0 Å². The number of hydrogen-bond acceptors (Lipinski definition) is 5. The van der Waals surface area contributed by atoms with Crippen LogP contribution in [0.2, 0.25) is 0 Å². The number of carboxylic acid groups (broad SMARTS) is 1. The van der Waals surface area contributed by atoms with Crippen LogP contribution in [0.4, 0.5) is 10.1 Å². The van der Waals surface area contributed by atoms with E-state index in [4.69, 9.17) is 10.00 Å². The van der Waals surface area contributed by atoms with Gasteiger partial charge in [-0.3, -0.25) is 4.79 Å². The fourth-order valence-corrected chi connectivity index (χ4v) is 4.29. The molecular weight excluding hydrogens is 415 g/mol. The van der Waals surface area contributed by atoms with Crippen molar-refractivity contribution >= 4 is 17.6 Å². The molecule has 0 atom stereocenters. The van der Waals surface area contributed by atoms with Gasteiger partial charge in [-0.25, -0.2) is 13.9 Å². The standard InChI is InChI=1S/C23H17FN4O4/c1-32-15-6-7-17(16(24)10-15)28-20-18(19(26-28)22(30)31)23(8-9-23)12-27(21(20)29)14-4-2-13(11-25)3-5-14/h2-7,10H,8-9,12H2,1H3,(H,30,31). The maximum Gasteiger partial charge on any atom is 0.356 e. The first-order valence-electron chi connectivity index (χ1n) is 9.91. The van der Waals surface area contributed by atoms with Crippen molar-refractivity contribution in [3.05, 3.63) is 70.8 Å². The molecule has 0 bridgehead atoms. The largest absolute Gasteiger partial charge is 0.497 e. The van der Waals surface area contributed by atoms with Crippen molar-refractivity contribution in [3.8, 4) is 17.5 Å². The number of carbonyl (C=O) groups excluding carboxylic acids is 1. The maximum absolute atomic E-state index is 14.9. The molecule has 1 saturated carbocycles. The second-order valence-corrected chi connectivity index (χ2v) is 7.94. The van der Waals surface area contributed by atoms with Crippen LogP contribution in [-0.2, 0) is 5.41 Å². The van der Waals surface area contributed by atoms with Crippen molar-refractivity contribution in [2.75, 3.05) is 18.6 Å². The van der Waals surface area contributed by atoms with Gasteiger partial charge in [0.15, 0.2) is 11.5 Å². The normalized spacial score (nSPS) is 15.9. The number of hydrogen-bond donors (Lipinski definition) is 1. The van der Waals surface area contributed by atoms with Crippen LogP contribution in [0, 0.1) is 17.1 Å². The summed E-state index contributed by atoms with van der Waals surface area (Å²) in [5.41, 5.74) is 0.603. The zero-order chi connectivity index (χ0) is 22.6. The number of amides is 1. The van der Waals surface area contributed by atoms with E-state index in [9.17, 15) is 19.1 Å². The maximum atomic E-state index is 14.9. The van der Waals surface area contributed by atoms with E-state index in [1.807, 2.05) is 6.07 Å². The van der Waals surface area contributed by atoms with E-state index >= 15 is 0 Å². The molecule has 1 N–H and O–H groups in total. The first-order valence-corrected chi connectivity index (χ1v) is 9.91. The lowest BCUT2D eigenvalue weighted by molar-refractivity contribution is 0.0688. The number of carboxylic acids is 1. The number of fused-ring (bicyclic) bond motifs is 2. The van der Waals surface area contributed by atoms with E-state index in [2.05, 4.69) is 5.10 Å². The highest BCUT2D eigenvalue weighted by atomic mass is 19.1. The summed E-state index contributed by atoms with van der Waals surface area (Å²) in [5, 5.41) is 23.0. The van der Waals surface area contributed by atoms with Crippen LogP contribution in [0.1, 0.15) is 44.9 Å². The van der Waals surface area contributed by atoms with E-state index in [1.165, 1.54) is 19.2 Å². The average molecular weight is 432 g/mol. The van der Waals surface area contributed by atoms with E-state index in [1.54, 1.807) is 29.2 Å². The van der Waals surface area contributed by atoms with Crippen LogP contribution in [0.5, 0.6) is 5.75 Å². The monoisotopic (exact) mass is 432 g/mol. The van der Waals surface area contributed by atoms with Crippen LogP contribution < -0.4 is 9.64 Å². The molecule has 1 aliphatic heterocycles. The SMILES string of the molecule is COc1ccc(-n2nc(C(=O)O)c3c2C(=O)N(c2ccc(C#N)cc2)CC32CC2)c(F)c1. The number of benzene rings is 2. The number of rotatable bonds is 4. The summed E-state index contributed by atoms with van der Waals surface area (Å²) < 4.78 is 21.0. The summed E-state index contributed by atoms with van der Waals surface area (Å²) in [7, 11) is 1.41. The molecule has 9 heteroatoms. The minimum Gasteiger partial charge on any atom is -0.497 e. The van der Waals surface area contributed by atoms with Gasteiger partial charge in [-0.2, -0.15) is 10.4 Å². The fraction of sp³-hybridized carbons (Fsp3) is 0.217. The number of carbonyl (C=O) groups is 2. The van der Waals surface area contributed by atoms with Gasteiger partial charge in [0.05, 0.1) is 18.7 Å². The summed E-state index contributed by atoms with van der Waals surface area (Å²) in [5.74, 6) is -2.15. The Labute approximate surface area is 182 Å². The second-order valence-electron chi connectivity index (χ2n) is 7.94. The van der Waals surface area contributed by atoms with Gasteiger partial charge in [0.2, 0.25) is 0 Å². The van der Waals surface area contributed by atoms with E-state index in [-0.39, 0.29) is 22.8 Å². The van der Waals surface area contributed by atoms with Gasteiger partial charge in [-0.05, 0) is 49.2 Å². The van der Waals surface area contributed by atoms with Gasteiger partial charge in [-0.1, -0.05) is 0 Å². The highest BCUT2D eigenvalue weighted by molar-refractivity contribution is 6.10. The number of halogens is 1. The third-order valence-corrected chi connectivity index (χ3v) is 6.07. The van der Waals surface area contributed by atoms with Crippen LogP contribution in [0.25, 0.3) is 5.69 Å². The zero-order valence-electron chi connectivity index (χ0n) is 17.0. The van der Waals surface area contributed by atoms with Crippen molar-refractivity contribution in [2.24, 2.45) is 0 Å². The molecule has 2 aliphatic rings. The molecule has 1 aliphatic carbocycles.